The first-order chi connectivity index (χ1) is 12.6. The third-order valence-electron chi connectivity index (χ3n) is 4.90. The number of aryl methyl sites for hydroxylation is 3. The minimum Gasteiger partial charge on any atom is -0.507 e. The Balaban J connectivity index is 2.68. The summed E-state index contributed by atoms with van der Waals surface area (Å²) in [4.78, 5) is 0. The normalized spacial score (nSPS) is 13.9. The highest BCUT2D eigenvalue weighted by molar-refractivity contribution is 5.50. The molecule has 2 aromatic rings. The van der Waals surface area contributed by atoms with Gasteiger partial charge in [0, 0.05) is 5.92 Å². The van der Waals surface area contributed by atoms with Crippen LogP contribution in [-0.4, -0.2) is 10.2 Å². The molecule has 27 heavy (non-hydrogen) atoms. The van der Waals surface area contributed by atoms with E-state index in [1.807, 2.05) is 39.0 Å². The second-order valence-corrected chi connectivity index (χ2v) is 7.55. The van der Waals surface area contributed by atoms with Crippen LogP contribution in [0, 0.1) is 20.8 Å². The third kappa shape index (κ3) is 4.71. The van der Waals surface area contributed by atoms with Gasteiger partial charge in [0.25, 0.3) is 0 Å². The Bertz CT molecular complexity index is 906. The van der Waals surface area contributed by atoms with Crippen LogP contribution in [0.3, 0.4) is 0 Å². The average molecular weight is 363 g/mol. The molecule has 0 aromatic heterocycles. The van der Waals surface area contributed by atoms with Crippen LogP contribution >= 0.6 is 0 Å². The van der Waals surface area contributed by atoms with Crippen molar-refractivity contribution in [2.75, 3.05) is 0 Å². The van der Waals surface area contributed by atoms with Crippen LogP contribution in [-0.2, 0) is 0 Å². The molecule has 0 bridgehead atoms. The van der Waals surface area contributed by atoms with Gasteiger partial charge in [-0.2, -0.15) is 0 Å². The fourth-order valence-corrected chi connectivity index (χ4v) is 3.55. The van der Waals surface area contributed by atoms with Crippen molar-refractivity contribution >= 4 is 0 Å². The number of hydrogen-bond donors (Lipinski definition) is 2. The standard InChI is InChI=1S/C25H30O2/c1-15(2)24(26)18(5)12-17(4)23(21-10-8-9-16(3)11-21)22-13-19(6)25(27)20(7)14-22/h8-14,23,26-27H,1H2,2-7H3/b17-12+,24-18+. The number of aliphatic hydroxyl groups excluding tert-OH is 1. The lowest BCUT2D eigenvalue weighted by Gasteiger charge is -2.22. The summed E-state index contributed by atoms with van der Waals surface area (Å²) in [5.74, 6) is 0.616. The van der Waals surface area contributed by atoms with Crippen LogP contribution in [0.2, 0.25) is 0 Å². The molecule has 2 nitrogen and oxygen atoms in total. The van der Waals surface area contributed by atoms with E-state index in [-0.39, 0.29) is 11.7 Å². The highest BCUT2D eigenvalue weighted by atomic mass is 16.3. The van der Waals surface area contributed by atoms with Crippen molar-refractivity contribution in [1.29, 1.82) is 0 Å². The lowest BCUT2D eigenvalue weighted by atomic mass is 9.83. The zero-order valence-corrected chi connectivity index (χ0v) is 17.2. The molecule has 2 N–H and O–H groups in total. The fraction of sp³-hybridized carbons (Fsp3) is 0.280. The second kappa shape index (κ2) is 8.30. The quantitative estimate of drug-likeness (QED) is 0.453. The largest absolute Gasteiger partial charge is 0.507 e. The lowest BCUT2D eigenvalue weighted by Crippen LogP contribution is -2.05. The van der Waals surface area contributed by atoms with Crippen LogP contribution in [0.1, 0.15) is 54.5 Å². The van der Waals surface area contributed by atoms with E-state index in [9.17, 15) is 10.2 Å². The van der Waals surface area contributed by atoms with Crippen LogP contribution in [0.5, 0.6) is 5.75 Å². The van der Waals surface area contributed by atoms with Gasteiger partial charge in [-0.05, 0) is 74.9 Å². The lowest BCUT2D eigenvalue weighted by molar-refractivity contribution is 0.419. The number of hydrogen-bond acceptors (Lipinski definition) is 2. The van der Waals surface area contributed by atoms with Crippen molar-refractivity contribution in [3.63, 3.8) is 0 Å². The Morgan fingerprint density at radius 3 is 2.07 bits per heavy atom. The third-order valence-corrected chi connectivity index (χ3v) is 4.90. The number of aliphatic hydroxyl groups is 1. The Kier molecular flexibility index (Phi) is 6.32. The zero-order chi connectivity index (χ0) is 20.3. The van der Waals surface area contributed by atoms with Crippen molar-refractivity contribution in [2.45, 2.75) is 47.5 Å². The maximum Gasteiger partial charge on any atom is 0.121 e. The highest BCUT2D eigenvalue weighted by Gasteiger charge is 2.19. The summed E-state index contributed by atoms with van der Waals surface area (Å²) in [6.45, 7) is 15.5. The molecule has 1 atom stereocenters. The molecule has 0 amide bonds. The first kappa shape index (κ1) is 20.6. The van der Waals surface area contributed by atoms with Gasteiger partial charge in [-0.1, -0.05) is 60.2 Å². The van der Waals surface area contributed by atoms with E-state index in [4.69, 9.17) is 0 Å². The first-order valence-electron chi connectivity index (χ1n) is 9.22. The Morgan fingerprint density at radius 2 is 1.56 bits per heavy atom. The molecule has 0 aliphatic carbocycles. The predicted octanol–water partition coefficient (Wildman–Crippen LogP) is 6.80. The molecule has 2 aromatic carbocycles. The molecule has 0 saturated carbocycles. The molecule has 0 spiro atoms. The van der Waals surface area contributed by atoms with Crippen molar-refractivity contribution in [2.24, 2.45) is 0 Å². The molecule has 0 aliphatic heterocycles. The number of phenolic OH excluding ortho intramolecular Hbond substituents is 1. The van der Waals surface area contributed by atoms with Crippen LogP contribution < -0.4 is 0 Å². The highest BCUT2D eigenvalue weighted by Crippen LogP contribution is 2.36. The molecule has 142 valence electrons. The van der Waals surface area contributed by atoms with Gasteiger partial charge in [-0.3, -0.25) is 0 Å². The molecule has 0 saturated heterocycles. The maximum absolute atomic E-state index is 10.2. The van der Waals surface area contributed by atoms with Gasteiger partial charge in [0.15, 0.2) is 0 Å². The SMILES string of the molecule is C=C(C)/C(O)=C(C)\C=C(/C)C(c1cccc(C)c1)c1cc(C)c(O)c(C)c1. The average Bonchev–Trinajstić information content (AvgIpc) is 2.59. The van der Waals surface area contributed by atoms with E-state index in [2.05, 4.69) is 44.7 Å². The molecule has 0 fully saturated rings. The van der Waals surface area contributed by atoms with Crippen molar-refractivity contribution < 1.29 is 10.2 Å². The summed E-state index contributed by atoms with van der Waals surface area (Å²) in [6, 6.07) is 12.6. The van der Waals surface area contributed by atoms with E-state index in [0.717, 1.165) is 27.8 Å². The van der Waals surface area contributed by atoms with Crippen molar-refractivity contribution in [3.8, 4) is 5.75 Å². The molecule has 0 aliphatic rings. The number of rotatable bonds is 5. The zero-order valence-electron chi connectivity index (χ0n) is 17.2. The van der Waals surface area contributed by atoms with E-state index < -0.39 is 0 Å². The number of allylic oxidation sites excluding steroid dienone is 4. The smallest absolute Gasteiger partial charge is 0.121 e. The van der Waals surface area contributed by atoms with Crippen LogP contribution in [0.4, 0.5) is 0 Å². The predicted molar refractivity (Wildman–Crippen MR) is 115 cm³/mol. The summed E-state index contributed by atoms with van der Waals surface area (Å²) in [7, 11) is 0. The Morgan fingerprint density at radius 1 is 0.963 bits per heavy atom. The van der Waals surface area contributed by atoms with Gasteiger partial charge in [-0.25, -0.2) is 0 Å². The van der Waals surface area contributed by atoms with Gasteiger partial charge < -0.3 is 10.2 Å². The van der Waals surface area contributed by atoms with Crippen molar-refractivity contribution in [3.05, 3.63) is 99.3 Å². The summed E-state index contributed by atoms with van der Waals surface area (Å²) in [6.07, 6.45) is 2.02. The van der Waals surface area contributed by atoms with E-state index in [0.29, 0.717) is 11.3 Å². The summed E-state index contributed by atoms with van der Waals surface area (Å²) in [5, 5.41) is 20.4. The Labute approximate surface area is 163 Å². The fourth-order valence-electron chi connectivity index (χ4n) is 3.55. The van der Waals surface area contributed by atoms with E-state index in [1.165, 1.54) is 11.1 Å². The summed E-state index contributed by atoms with van der Waals surface area (Å²) < 4.78 is 0. The molecule has 1 unspecified atom stereocenters. The van der Waals surface area contributed by atoms with Crippen LogP contribution in [0.15, 0.2) is 71.5 Å². The monoisotopic (exact) mass is 362 g/mol. The molecule has 0 radical (unpaired) electrons. The van der Waals surface area contributed by atoms with E-state index in [1.54, 1.807) is 6.92 Å². The molecule has 2 rings (SSSR count). The van der Waals surface area contributed by atoms with Gasteiger partial charge in [0.05, 0.1) is 0 Å². The van der Waals surface area contributed by atoms with Crippen molar-refractivity contribution in [1.82, 2.24) is 0 Å². The van der Waals surface area contributed by atoms with E-state index >= 15 is 0 Å². The van der Waals surface area contributed by atoms with Crippen LogP contribution in [0.25, 0.3) is 0 Å². The molecule has 0 heterocycles. The second-order valence-electron chi connectivity index (χ2n) is 7.55. The minimum absolute atomic E-state index is 0.0378. The minimum atomic E-state index is 0.0378. The van der Waals surface area contributed by atoms with Gasteiger partial charge in [-0.15, -0.1) is 0 Å². The van der Waals surface area contributed by atoms with Gasteiger partial charge in [0.1, 0.15) is 11.5 Å². The topological polar surface area (TPSA) is 40.5 Å². The summed E-state index contributed by atoms with van der Waals surface area (Å²) in [5.41, 5.74) is 7.83. The number of aromatic hydroxyl groups is 1. The number of benzene rings is 2. The first-order valence-corrected chi connectivity index (χ1v) is 9.22. The summed E-state index contributed by atoms with van der Waals surface area (Å²) >= 11 is 0. The van der Waals surface area contributed by atoms with Gasteiger partial charge in [0.2, 0.25) is 0 Å². The molecular weight excluding hydrogens is 332 g/mol. The van der Waals surface area contributed by atoms with Gasteiger partial charge >= 0.3 is 0 Å². The molecule has 2 heteroatoms. The Hall–Kier alpha value is -2.74. The maximum atomic E-state index is 10.2. The molecular formula is C25H30O2. The number of phenols is 1.